The lowest BCUT2D eigenvalue weighted by Crippen LogP contribution is -2.41. The summed E-state index contributed by atoms with van der Waals surface area (Å²) < 4.78 is 6.71. The van der Waals surface area contributed by atoms with Gasteiger partial charge in [-0.3, -0.25) is 0 Å². The Bertz CT molecular complexity index is 879. The smallest absolute Gasteiger partial charge is 0.192 e. The zero-order valence-corrected chi connectivity index (χ0v) is 18.5. The van der Waals surface area contributed by atoms with Gasteiger partial charge in [0.1, 0.15) is 5.15 Å². The predicted molar refractivity (Wildman–Crippen MR) is 113 cm³/mol. The van der Waals surface area contributed by atoms with Crippen LogP contribution in [0.2, 0.25) is 23.3 Å². The van der Waals surface area contributed by atoms with Gasteiger partial charge in [0.05, 0.1) is 17.7 Å². The molecular formula is C22H27ClN2OSi. The van der Waals surface area contributed by atoms with Gasteiger partial charge in [-0.15, -0.1) is 0 Å². The van der Waals surface area contributed by atoms with Crippen molar-refractivity contribution in [3.8, 4) is 6.07 Å². The van der Waals surface area contributed by atoms with E-state index >= 15 is 0 Å². The predicted octanol–water partition coefficient (Wildman–Crippen LogP) is 6.21. The largest absolute Gasteiger partial charge is 0.410 e. The maximum absolute atomic E-state index is 9.62. The maximum atomic E-state index is 9.62. The molecule has 142 valence electrons. The Morgan fingerprint density at radius 3 is 2.59 bits per heavy atom. The number of fused-ring (bicyclic) bond motifs is 1. The van der Waals surface area contributed by atoms with Gasteiger partial charge in [0.2, 0.25) is 0 Å². The molecule has 2 aromatic rings. The van der Waals surface area contributed by atoms with E-state index in [-0.39, 0.29) is 11.1 Å². The van der Waals surface area contributed by atoms with Crippen LogP contribution in [0.1, 0.15) is 61.1 Å². The lowest BCUT2D eigenvalue weighted by molar-refractivity contribution is 0.185. The molecule has 1 aliphatic carbocycles. The number of pyridine rings is 1. The quantitative estimate of drug-likeness (QED) is 0.454. The Labute approximate surface area is 168 Å². The fraction of sp³-hybridized carbons (Fsp3) is 0.455. The van der Waals surface area contributed by atoms with E-state index in [9.17, 15) is 5.26 Å². The highest BCUT2D eigenvalue weighted by Gasteiger charge is 2.41. The van der Waals surface area contributed by atoms with Gasteiger partial charge in [0.25, 0.3) is 0 Å². The number of rotatable bonds is 4. The van der Waals surface area contributed by atoms with Crippen LogP contribution < -0.4 is 0 Å². The van der Waals surface area contributed by atoms with Crippen LogP contribution in [0.3, 0.4) is 0 Å². The SMILES string of the molecule is CC(C)(C)[Si](C)(C)OC1CCc2c1ccc(C#N)c2Cc1ccc(Cl)nc1. The van der Waals surface area contributed by atoms with E-state index in [0.29, 0.717) is 11.6 Å². The second-order valence-electron chi connectivity index (χ2n) is 8.84. The highest BCUT2D eigenvalue weighted by Crippen LogP contribution is 2.44. The van der Waals surface area contributed by atoms with E-state index < -0.39 is 8.32 Å². The lowest BCUT2D eigenvalue weighted by Gasteiger charge is -2.38. The summed E-state index contributed by atoms with van der Waals surface area (Å²) in [5.74, 6) is 0. The standard InChI is InChI=1S/C22H27ClN2OSi/c1-22(2,3)27(4,5)26-20-10-9-17-18(20)8-7-16(13-24)19(17)12-15-6-11-21(23)25-14-15/h6-8,11,14,20H,9-10,12H2,1-5H3. The van der Waals surface area contributed by atoms with Crippen molar-refractivity contribution in [3.05, 3.63) is 63.4 Å². The molecule has 1 heterocycles. The Kier molecular flexibility index (Phi) is 5.49. The molecule has 0 spiro atoms. The number of nitriles is 1. The van der Waals surface area contributed by atoms with Crippen molar-refractivity contribution >= 4 is 19.9 Å². The van der Waals surface area contributed by atoms with Crippen molar-refractivity contribution in [2.45, 2.75) is 64.3 Å². The highest BCUT2D eigenvalue weighted by atomic mass is 35.5. The van der Waals surface area contributed by atoms with E-state index in [0.717, 1.165) is 29.5 Å². The molecule has 0 bridgehead atoms. The molecule has 1 aromatic heterocycles. The van der Waals surface area contributed by atoms with Crippen molar-refractivity contribution in [1.29, 1.82) is 5.26 Å². The first-order valence-electron chi connectivity index (χ1n) is 9.45. The Balaban J connectivity index is 1.95. The van der Waals surface area contributed by atoms with E-state index in [1.54, 1.807) is 12.3 Å². The second-order valence-corrected chi connectivity index (χ2v) is 14.0. The minimum Gasteiger partial charge on any atom is -0.410 e. The molecule has 3 rings (SSSR count). The van der Waals surface area contributed by atoms with Gasteiger partial charge >= 0.3 is 0 Å². The molecular weight excluding hydrogens is 372 g/mol. The number of nitrogens with zero attached hydrogens (tertiary/aromatic N) is 2. The minimum absolute atomic E-state index is 0.135. The first-order valence-corrected chi connectivity index (χ1v) is 12.7. The average molecular weight is 399 g/mol. The van der Waals surface area contributed by atoms with Crippen LogP contribution in [0.5, 0.6) is 0 Å². The molecule has 1 aromatic carbocycles. The normalized spacial score (nSPS) is 16.9. The molecule has 1 aliphatic rings. The number of hydrogen-bond acceptors (Lipinski definition) is 3. The first-order chi connectivity index (χ1) is 12.6. The van der Waals surface area contributed by atoms with Crippen LogP contribution in [-0.4, -0.2) is 13.3 Å². The number of halogens is 1. The summed E-state index contributed by atoms with van der Waals surface area (Å²) in [6, 6.07) is 10.2. The van der Waals surface area contributed by atoms with Crippen molar-refractivity contribution in [2.24, 2.45) is 0 Å². The Morgan fingerprint density at radius 1 is 1.26 bits per heavy atom. The molecule has 0 N–H and O–H groups in total. The topological polar surface area (TPSA) is 45.9 Å². The molecule has 5 heteroatoms. The zero-order valence-electron chi connectivity index (χ0n) is 16.8. The summed E-state index contributed by atoms with van der Waals surface area (Å²) in [4.78, 5) is 4.18. The second kappa shape index (κ2) is 7.39. The molecule has 1 unspecified atom stereocenters. The summed E-state index contributed by atoms with van der Waals surface area (Å²) in [6.07, 6.45) is 4.57. The molecule has 1 atom stereocenters. The van der Waals surface area contributed by atoms with Crippen LogP contribution in [0.25, 0.3) is 0 Å². The maximum Gasteiger partial charge on any atom is 0.192 e. The molecule has 0 saturated heterocycles. The van der Waals surface area contributed by atoms with Crippen molar-refractivity contribution in [2.75, 3.05) is 0 Å². The van der Waals surface area contributed by atoms with Gasteiger partial charge in [0.15, 0.2) is 8.32 Å². The lowest BCUT2D eigenvalue weighted by atomic mass is 9.93. The van der Waals surface area contributed by atoms with Crippen LogP contribution >= 0.6 is 11.6 Å². The van der Waals surface area contributed by atoms with Crippen LogP contribution in [0.4, 0.5) is 0 Å². The number of aromatic nitrogens is 1. The van der Waals surface area contributed by atoms with Crippen LogP contribution in [0, 0.1) is 11.3 Å². The van der Waals surface area contributed by atoms with Gasteiger partial charge in [-0.25, -0.2) is 4.98 Å². The van der Waals surface area contributed by atoms with Crippen molar-refractivity contribution < 1.29 is 4.43 Å². The highest BCUT2D eigenvalue weighted by molar-refractivity contribution is 6.74. The molecule has 0 aliphatic heterocycles. The van der Waals surface area contributed by atoms with Crippen molar-refractivity contribution in [3.63, 3.8) is 0 Å². The number of hydrogen-bond donors (Lipinski definition) is 0. The average Bonchev–Trinajstić information content (AvgIpc) is 2.99. The minimum atomic E-state index is -1.85. The van der Waals surface area contributed by atoms with Gasteiger partial charge in [-0.2, -0.15) is 5.26 Å². The summed E-state index contributed by atoms with van der Waals surface area (Å²) in [7, 11) is -1.85. The van der Waals surface area contributed by atoms with E-state index in [1.807, 2.05) is 12.1 Å². The van der Waals surface area contributed by atoms with Gasteiger partial charge in [-0.1, -0.05) is 44.5 Å². The van der Waals surface area contributed by atoms with Crippen LogP contribution in [-0.2, 0) is 17.3 Å². The Hall–Kier alpha value is -1.67. The van der Waals surface area contributed by atoms with E-state index in [4.69, 9.17) is 16.0 Å². The summed E-state index contributed by atoms with van der Waals surface area (Å²) in [5.41, 5.74) is 5.47. The molecule has 3 nitrogen and oxygen atoms in total. The number of benzene rings is 1. The fourth-order valence-corrected chi connectivity index (χ4v) is 4.84. The third-order valence-electron chi connectivity index (χ3n) is 6.00. The van der Waals surface area contributed by atoms with E-state index in [2.05, 4.69) is 51.0 Å². The molecule has 0 amide bonds. The van der Waals surface area contributed by atoms with Gasteiger partial charge < -0.3 is 4.43 Å². The molecule has 0 fully saturated rings. The monoisotopic (exact) mass is 398 g/mol. The molecule has 0 radical (unpaired) electrons. The summed E-state index contributed by atoms with van der Waals surface area (Å²) in [6.45, 7) is 11.4. The third-order valence-corrected chi connectivity index (χ3v) is 10.7. The first kappa shape index (κ1) is 20.1. The van der Waals surface area contributed by atoms with E-state index in [1.165, 1.54) is 11.1 Å². The van der Waals surface area contributed by atoms with Crippen LogP contribution in [0.15, 0.2) is 30.5 Å². The summed E-state index contributed by atoms with van der Waals surface area (Å²) >= 11 is 5.91. The third kappa shape index (κ3) is 4.11. The summed E-state index contributed by atoms with van der Waals surface area (Å²) in [5, 5.41) is 10.3. The van der Waals surface area contributed by atoms with Crippen molar-refractivity contribution in [1.82, 2.24) is 4.98 Å². The zero-order chi connectivity index (χ0) is 19.8. The molecule has 0 saturated carbocycles. The van der Waals surface area contributed by atoms with Gasteiger partial charge in [0, 0.05) is 12.6 Å². The fourth-order valence-electron chi connectivity index (χ4n) is 3.42. The Morgan fingerprint density at radius 2 is 2.00 bits per heavy atom. The molecule has 27 heavy (non-hydrogen) atoms. The van der Waals surface area contributed by atoms with Gasteiger partial charge in [-0.05, 0) is 65.4 Å².